The van der Waals surface area contributed by atoms with Crippen LogP contribution >= 0.6 is 0 Å². The summed E-state index contributed by atoms with van der Waals surface area (Å²) >= 11 is 0. The van der Waals surface area contributed by atoms with E-state index in [2.05, 4.69) is 13.0 Å². The minimum absolute atomic E-state index is 0.100. The lowest BCUT2D eigenvalue weighted by atomic mass is 9.80. The van der Waals surface area contributed by atoms with Crippen LogP contribution in [0.4, 0.5) is 0 Å². The second-order valence-electron chi connectivity index (χ2n) is 7.59. The van der Waals surface area contributed by atoms with Gasteiger partial charge in [0.2, 0.25) is 13.6 Å². The van der Waals surface area contributed by atoms with E-state index in [1.54, 1.807) is 12.1 Å². The summed E-state index contributed by atoms with van der Waals surface area (Å²) in [5.74, 6) is 3.22. The Kier molecular flexibility index (Phi) is 3.47. The van der Waals surface area contributed by atoms with Crippen LogP contribution in [0.5, 0.6) is 23.0 Å². The second kappa shape index (κ2) is 5.78. The number of carbonyl (C=O) groups is 1. The van der Waals surface area contributed by atoms with Gasteiger partial charge in [-0.05, 0) is 60.7 Å². The van der Waals surface area contributed by atoms with Crippen molar-refractivity contribution in [3.63, 3.8) is 0 Å². The van der Waals surface area contributed by atoms with Crippen molar-refractivity contribution in [2.45, 2.75) is 20.3 Å². The van der Waals surface area contributed by atoms with Crippen molar-refractivity contribution in [3.05, 3.63) is 53.6 Å². The van der Waals surface area contributed by atoms with Crippen molar-refractivity contribution in [1.82, 2.24) is 0 Å². The summed E-state index contributed by atoms with van der Waals surface area (Å²) in [5.41, 5.74) is 2.34. The third kappa shape index (κ3) is 2.57. The van der Waals surface area contributed by atoms with Crippen molar-refractivity contribution in [1.29, 1.82) is 0 Å². The lowest BCUT2D eigenvalue weighted by Crippen LogP contribution is -2.24. The summed E-state index contributed by atoms with van der Waals surface area (Å²) in [6, 6.07) is 11.4. The SMILES string of the molecule is CC1CC(C)(C(=O)c2ccc3c(c2)OCO3)C=C1c1ccc2c(c1)OCO2. The number of rotatable bonds is 3. The molecule has 2 unspecified atom stereocenters. The Balaban J connectivity index is 1.48. The minimum atomic E-state index is -0.557. The molecular weight excluding hydrogens is 344 g/mol. The number of benzene rings is 2. The Bertz CT molecular complexity index is 977. The van der Waals surface area contributed by atoms with E-state index < -0.39 is 5.41 Å². The fourth-order valence-corrected chi connectivity index (χ4v) is 4.26. The van der Waals surface area contributed by atoms with Crippen LogP contribution < -0.4 is 18.9 Å². The van der Waals surface area contributed by atoms with Crippen LogP contribution in [-0.4, -0.2) is 19.4 Å². The van der Waals surface area contributed by atoms with E-state index >= 15 is 0 Å². The number of allylic oxidation sites excluding steroid dienone is 2. The average molecular weight is 364 g/mol. The van der Waals surface area contributed by atoms with Gasteiger partial charge in [-0.25, -0.2) is 0 Å². The van der Waals surface area contributed by atoms with E-state index in [9.17, 15) is 4.79 Å². The molecule has 0 saturated heterocycles. The van der Waals surface area contributed by atoms with Gasteiger partial charge in [-0.2, -0.15) is 0 Å². The standard InChI is InChI=1S/C22H20O5/c1-13-9-22(2,21(23)15-4-6-18-20(8-15)27-12-25-18)10-16(13)14-3-5-17-19(7-14)26-11-24-17/h3-8,10,13H,9,11-12H2,1-2H3. The molecule has 0 amide bonds. The highest BCUT2D eigenvalue weighted by molar-refractivity contribution is 6.04. The molecule has 2 aromatic carbocycles. The fraction of sp³-hybridized carbons (Fsp3) is 0.318. The molecule has 0 N–H and O–H groups in total. The van der Waals surface area contributed by atoms with E-state index in [0.717, 1.165) is 23.5 Å². The van der Waals surface area contributed by atoms with E-state index in [-0.39, 0.29) is 25.3 Å². The highest BCUT2D eigenvalue weighted by atomic mass is 16.7. The first-order valence-electron chi connectivity index (χ1n) is 9.11. The summed E-state index contributed by atoms with van der Waals surface area (Å²) < 4.78 is 21.7. The van der Waals surface area contributed by atoms with Crippen molar-refractivity contribution >= 4 is 11.4 Å². The lowest BCUT2D eigenvalue weighted by molar-refractivity contribution is 0.0860. The van der Waals surface area contributed by atoms with Gasteiger partial charge < -0.3 is 18.9 Å². The summed E-state index contributed by atoms with van der Waals surface area (Å²) in [5, 5.41) is 0. The number of ether oxygens (including phenoxy) is 4. The van der Waals surface area contributed by atoms with Crippen LogP contribution in [0.25, 0.3) is 5.57 Å². The number of Topliss-reactive ketones (excluding diaryl/α,β-unsaturated/α-hetero) is 1. The molecule has 138 valence electrons. The Morgan fingerprint density at radius 2 is 1.56 bits per heavy atom. The molecule has 0 bridgehead atoms. The molecule has 3 aliphatic rings. The summed E-state index contributed by atoms with van der Waals surface area (Å²) in [6.45, 7) is 4.63. The maximum atomic E-state index is 13.3. The quantitative estimate of drug-likeness (QED) is 0.753. The highest BCUT2D eigenvalue weighted by Gasteiger charge is 2.40. The first-order chi connectivity index (χ1) is 13.0. The first-order valence-corrected chi connectivity index (χ1v) is 9.11. The number of hydrogen-bond acceptors (Lipinski definition) is 5. The normalized spacial score (nSPS) is 24.8. The van der Waals surface area contributed by atoms with Crippen LogP contribution in [0.1, 0.15) is 36.2 Å². The first kappa shape index (κ1) is 16.2. The predicted molar refractivity (Wildman–Crippen MR) is 99.3 cm³/mol. The second-order valence-corrected chi connectivity index (χ2v) is 7.59. The van der Waals surface area contributed by atoms with E-state index in [0.29, 0.717) is 17.1 Å². The van der Waals surface area contributed by atoms with Crippen molar-refractivity contribution in [3.8, 4) is 23.0 Å². The van der Waals surface area contributed by atoms with Gasteiger partial charge in [-0.1, -0.05) is 19.1 Å². The molecule has 5 heteroatoms. The van der Waals surface area contributed by atoms with Gasteiger partial charge in [0.1, 0.15) is 0 Å². The molecule has 0 radical (unpaired) electrons. The summed E-state index contributed by atoms with van der Waals surface area (Å²) in [7, 11) is 0. The molecule has 2 atom stereocenters. The van der Waals surface area contributed by atoms with Crippen LogP contribution in [0.15, 0.2) is 42.5 Å². The molecule has 5 nitrogen and oxygen atoms in total. The number of fused-ring (bicyclic) bond motifs is 2. The molecule has 2 aliphatic heterocycles. The minimum Gasteiger partial charge on any atom is -0.454 e. The zero-order chi connectivity index (χ0) is 18.6. The van der Waals surface area contributed by atoms with Gasteiger partial charge in [0, 0.05) is 11.0 Å². The zero-order valence-corrected chi connectivity index (χ0v) is 15.3. The fourth-order valence-electron chi connectivity index (χ4n) is 4.26. The molecule has 2 aromatic rings. The summed E-state index contributed by atoms with van der Waals surface area (Å²) in [4.78, 5) is 13.3. The molecule has 2 heterocycles. The number of carbonyl (C=O) groups excluding carboxylic acids is 1. The maximum Gasteiger partial charge on any atom is 0.231 e. The van der Waals surface area contributed by atoms with Gasteiger partial charge >= 0.3 is 0 Å². The molecular formula is C22H20O5. The Morgan fingerprint density at radius 3 is 2.30 bits per heavy atom. The third-order valence-corrected chi connectivity index (χ3v) is 5.59. The Hall–Kier alpha value is -2.95. The molecule has 0 spiro atoms. The van der Waals surface area contributed by atoms with Gasteiger partial charge in [0.25, 0.3) is 0 Å². The maximum absolute atomic E-state index is 13.3. The van der Waals surface area contributed by atoms with Gasteiger partial charge in [0.05, 0.1) is 0 Å². The van der Waals surface area contributed by atoms with Crippen molar-refractivity contribution in [2.75, 3.05) is 13.6 Å². The smallest absolute Gasteiger partial charge is 0.231 e. The van der Waals surface area contributed by atoms with E-state index in [1.165, 1.54) is 5.57 Å². The molecule has 0 fully saturated rings. The third-order valence-electron chi connectivity index (χ3n) is 5.59. The molecule has 0 aromatic heterocycles. The van der Waals surface area contributed by atoms with Crippen molar-refractivity contribution < 1.29 is 23.7 Å². The summed E-state index contributed by atoms with van der Waals surface area (Å²) in [6.07, 6.45) is 2.88. The van der Waals surface area contributed by atoms with Gasteiger partial charge in [-0.15, -0.1) is 0 Å². The molecule has 1 aliphatic carbocycles. The van der Waals surface area contributed by atoms with Crippen LogP contribution in [-0.2, 0) is 0 Å². The monoisotopic (exact) mass is 364 g/mol. The number of ketones is 1. The topological polar surface area (TPSA) is 54.0 Å². The lowest BCUT2D eigenvalue weighted by Gasteiger charge is -2.21. The molecule has 0 saturated carbocycles. The largest absolute Gasteiger partial charge is 0.454 e. The van der Waals surface area contributed by atoms with Gasteiger partial charge in [-0.3, -0.25) is 4.79 Å². The highest BCUT2D eigenvalue weighted by Crippen LogP contribution is 2.48. The van der Waals surface area contributed by atoms with E-state index in [1.807, 2.05) is 31.2 Å². The molecule has 5 rings (SSSR count). The molecule has 27 heavy (non-hydrogen) atoms. The van der Waals surface area contributed by atoms with E-state index in [4.69, 9.17) is 18.9 Å². The van der Waals surface area contributed by atoms with Crippen molar-refractivity contribution in [2.24, 2.45) is 11.3 Å². The number of hydrogen-bond donors (Lipinski definition) is 0. The Morgan fingerprint density at radius 1 is 0.926 bits per heavy atom. The zero-order valence-electron chi connectivity index (χ0n) is 15.3. The average Bonchev–Trinajstić information content (AvgIpc) is 3.38. The Labute approximate surface area is 157 Å². The predicted octanol–water partition coefficient (Wildman–Crippen LogP) is 4.46. The van der Waals surface area contributed by atoms with Crippen LogP contribution in [0.3, 0.4) is 0 Å². The van der Waals surface area contributed by atoms with Crippen LogP contribution in [0.2, 0.25) is 0 Å². The van der Waals surface area contributed by atoms with Gasteiger partial charge in [0.15, 0.2) is 28.8 Å². The van der Waals surface area contributed by atoms with Crippen LogP contribution in [0, 0.1) is 11.3 Å².